The van der Waals surface area contributed by atoms with Crippen molar-refractivity contribution in [3.05, 3.63) is 30.5 Å². The molecule has 7 heteroatoms. The Morgan fingerprint density at radius 2 is 2.22 bits per heavy atom. The molecule has 0 aliphatic carbocycles. The molecule has 0 spiro atoms. The van der Waals surface area contributed by atoms with Crippen LogP contribution in [0.3, 0.4) is 0 Å². The van der Waals surface area contributed by atoms with Crippen molar-refractivity contribution >= 4 is 16.0 Å². The van der Waals surface area contributed by atoms with Crippen LogP contribution >= 0.6 is 0 Å². The van der Waals surface area contributed by atoms with E-state index in [2.05, 4.69) is 6.58 Å². The Hall–Kier alpha value is -1.60. The summed E-state index contributed by atoms with van der Waals surface area (Å²) < 4.78 is 29.9. The van der Waals surface area contributed by atoms with Gasteiger partial charge in [0.15, 0.2) is 0 Å². The van der Waals surface area contributed by atoms with Crippen LogP contribution in [0.4, 0.5) is 0 Å². The first kappa shape index (κ1) is 14.5. The molecule has 0 aromatic carbocycles. The number of aromatic carboxylic acids is 1. The zero-order valence-electron chi connectivity index (χ0n) is 10.00. The van der Waals surface area contributed by atoms with Gasteiger partial charge in [0.1, 0.15) is 0 Å². The van der Waals surface area contributed by atoms with E-state index in [0.29, 0.717) is 19.4 Å². The van der Waals surface area contributed by atoms with E-state index in [-0.39, 0.29) is 5.09 Å². The molecule has 1 rings (SSSR count). The molecule has 1 aromatic heterocycles. The van der Waals surface area contributed by atoms with Gasteiger partial charge < -0.3 is 9.52 Å². The highest BCUT2D eigenvalue weighted by Crippen LogP contribution is 2.18. The quantitative estimate of drug-likeness (QED) is 0.601. The fourth-order valence-corrected chi connectivity index (χ4v) is 2.42. The van der Waals surface area contributed by atoms with Crippen LogP contribution < -0.4 is 0 Å². The van der Waals surface area contributed by atoms with Crippen molar-refractivity contribution in [2.75, 3.05) is 13.6 Å². The Labute approximate surface area is 106 Å². The Balaban J connectivity index is 2.84. The Morgan fingerprint density at radius 3 is 2.72 bits per heavy atom. The number of nitrogens with zero attached hydrogens (tertiary/aromatic N) is 1. The van der Waals surface area contributed by atoms with E-state index in [1.165, 1.54) is 7.05 Å². The number of sulfonamides is 1. The minimum Gasteiger partial charge on any atom is -0.475 e. The third-order valence-electron chi connectivity index (χ3n) is 2.34. The van der Waals surface area contributed by atoms with E-state index >= 15 is 0 Å². The van der Waals surface area contributed by atoms with Crippen molar-refractivity contribution in [1.29, 1.82) is 0 Å². The number of hydrogen-bond donors (Lipinski definition) is 1. The molecule has 0 aliphatic heterocycles. The molecular weight excluding hydrogens is 258 g/mol. The Morgan fingerprint density at radius 1 is 1.56 bits per heavy atom. The lowest BCUT2D eigenvalue weighted by molar-refractivity contribution is 0.0656. The maximum Gasteiger partial charge on any atom is 0.371 e. The average Bonchev–Trinajstić information content (AvgIpc) is 2.79. The summed E-state index contributed by atoms with van der Waals surface area (Å²) in [5.74, 6) is -1.70. The van der Waals surface area contributed by atoms with E-state index in [0.717, 1.165) is 16.4 Å². The molecule has 0 aliphatic rings. The van der Waals surface area contributed by atoms with Crippen LogP contribution in [0.5, 0.6) is 0 Å². The molecule has 0 unspecified atom stereocenters. The second-order valence-corrected chi connectivity index (χ2v) is 5.66. The summed E-state index contributed by atoms with van der Waals surface area (Å²) in [6.45, 7) is 3.87. The lowest BCUT2D eigenvalue weighted by Gasteiger charge is -2.14. The second-order valence-electron chi connectivity index (χ2n) is 3.68. The maximum atomic E-state index is 12.0. The molecule has 0 radical (unpaired) electrons. The fourth-order valence-electron chi connectivity index (χ4n) is 1.31. The van der Waals surface area contributed by atoms with Gasteiger partial charge in [-0.05, 0) is 25.0 Å². The molecule has 1 aromatic rings. The van der Waals surface area contributed by atoms with E-state index in [9.17, 15) is 13.2 Å². The molecule has 0 fully saturated rings. The molecule has 0 saturated carbocycles. The topological polar surface area (TPSA) is 87.8 Å². The molecule has 0 saturated heterocycles. The molecule has 18 heavy (non-hydrogen) atoms. The van der Waals surface area contributed by atoms with Crippen molar-refractivity contribution < 1.29 is 22.7 Å². The summed E-state index contributed by atoms with van der Waals surface area (Å²) in [4.78, 5) is 10.6. The number of hydrogen-bond acceptors (Lipinski definition) is 4. The third-order valence-corrected chi connectivity index (χ3v) is 4.07. The van der Waals surface area contributed by atoms with Crippen molar-refractivity contribution in [3.8, 4) is 0 Å². The highest BCUT2D eigenvalue weighted by molar-refractivity contribution is 7.89. The first-order valence-electron chi connectivity index (χ1n) is 5.30. The maximum absolute atomic E-state index is 12.0. The predicted octanol–water partition coefficient (Wildman–Crippen LogP) is 1.56. The normalized spacial score (nSPS) is 11.7. The van der Waals surface area contributed by atoms with E-state index in [1.54, 1.807) is 6.08 Å². The average molecular weight is 273 g/mol. The van der Waals surface area contributed by atoms with E-state index in [1.807, 2.05) is 0 Å². The van der Waals surface area contributed by atoms with Gasteiger partial charge in [0.25, 0.3) is 10.0 Å². The van der Waals surface area contributed by atoms with Crippen LogP contribution in [0, 0.1) is 0 Å². The number of carboxylic acid groups (broad SMARTS) is 1. The Kier molecular flexibility index (Phi) is 4.69. The minimum atomic E-state index is -3.76. The van der Waals surface area contributed by atoms with Gasteiger partial charge in [-0.25, -0.2) is 13.2 Å². The molecule has 0 bridgehead atoms. The minimum absolute atomic E-state index is 0.317. The first-order chi connectivity index (χ1) is 8.39. The van der Waals surface area contributed by atoms with Crippen LogP contribution in [0.15, 0.2) is 34.3 Å². The zero-order valence-corrected chi connectivity index (χ0v) is 10.8. The number of carbonyl (C=O) groups is 1. The predicted molar refractivity (Wildman–Crippen MR) is 64.9 cm³/mol. The van der Waals surface area contributed by atoms with Gasteiger partial charge in [-0.2, -0.15) is 4.31 Å². The molecule has 0 amide bonds. The molecule has 1 N–H and O–H groups in total. The van der Waals surface area contributed by atoms with Gasteiger partial charge in [-0.1, -0.05) is 6.08 Å². The number of carboxylic acids is 1. The van der Waals surface area contributed by atoms with Gasteiger partial charge in [0.05, 0.1) is 0 Å². The summed E-state index contributed by atoms with van der Waals surface area (Å²) in [5.41, 5.74) is 0. The number of allylic oxidation sites excluding steroid dienone is 1. The lowest BCUT2D eigenvalue weighted by atomic mass is 10.3. The number of unbranched alkanes of at least 4 members (excludes halogenated alkanes) is 1. The van der Waals surface area contributed by atoms with Gasteiger partial charge in [-0.3, -0.25) is 0 Å². The van der Waals surface area contributed by atoms with Gasteiger partial charge in [0, 0.05) is 13.6 Å². The molecule has 0 atom stereocenters. The van der Waals surface area contributed by atoms with Crippen molar-refractivity contribution in [1.82, 2.24) is 4.31 Å². The fraction of sp³-hybridized carbons (Fsp3) is 0.364. The van der Waals surface area contributed by atoms with Gasteiger partial charge >= 0.3 is 5.97 Å². The monoisotopic (exact) mass is 273 g/mol. The smallest absolute Gasteiger partial charge is 0.371 e. The highest BCUT2D eigenvalue weighted by Gasteiger charge is 2.25. The van der Waals surface area contributed by atoms with E-state index < -0.39 is 21.8 Å². The molecule has 1 heterocycles. The van der Waals surface area contributed by atoms with Crippen LogP contribution in [0.1, 0.15) is 23.4 Å². The van der Waals surface area contributed by atoms with Crippen molar-refractivity contribution in [3.63, 3.8) is 0 Å². The Bertz CT molecular complexity index is 531. The number of rotatable bonds is 7. The first-order valence-corrected chi connectivity index (χ1v) is 6.74. The third kappa shape index (κ3) is 3.21. The molecule has 100 valence electrons. The zero-order chi connectivity index (χ0) is 13.8. The lowest BCUT2D eigenvalue weighted by Crippen LogP contribution is -2.27. The summed E-state index contributed by atoms with van der Waals surface area (Å²) >= 11 is 0. The largest absolute Gasteiger partial charge is 0.475 e. The standard InChI is InChI=1S/C11H15NO5S/c1-3-4-5-8-12(2)18(15,16)10-7-6-9(17-10)11(13)14/h3,6-7H,1,4-5,8H2,2H3,(H,13,14). The van der Waals surface area contributed by atoms with Crippen LogP contribution in [-0.4, -0.2) is 37.4 Å². The summed E-state index contributed by atoms with van der Waals surface area (Å²) in [7, 11) is -2.35. The summed E-state index contributed by atoms with van der Waals surface area (Å²) in [5, 5.41) is 8.30. The van der Waals surface area contributed by atoms with Crippen molar-refractivity contribution in [2.24, 2.45) is 0 Å². The highest BCUT2D eigenvalue weighted by atomic mass is 32.2. The summed E-state index contributed by atoms with van der Waals surface area (Å²) in [6, 6.07) is 2.26. The van der Waals surface area contributed by atoms with Crippen molar-refractivity contribution in [2.45, 2.75) is 17.9 Å². The molecular formula is C11H15NO5S. The SMILES string of the molecule is C=CCCCN(C)S(=O)(=O)c1ccc(C(=O)O)o1. The molecule has 6 nitrogen and oxygen atoms in total. The van der Waals surface area contributed by atoms with E-state index in [4.69, 9.17) is 9.52 Å². The van der Waals surface area contributed by atoms with Gasteiger partial charge in [-0.15, -0.1) is 6.58 Å². The van der Waals surface area contributed by atoms with Crippen LogP contribution in [0.25, 0.3) is 0 Å². The number of furan rings is 1. The van der Waals surface area contributed by atoms with Crippen LogP contribution in [-0.2, 0) is 10.0 Å². The summed E-state index contributed by atoms with van der Waals surface area (Å²) in [6.07, 6.45) is 3.06. The second kappa shape index (κ2) is 5.83. The van der Waals surface area contributed by atoms with Crippen LogP contribution in [0.2, 0.25) is 0 Å². The van der Waals surface area contributed by atoms with Gasteiger partial charge in [0.2, 0.25) is 10.9 Å².